The lowest BCUT2D eigenvalue weighted by molar-refractivity contribution is -0.149. The lowest BCUT2D eigenvalue weighted by Crippen LogP contribution is -2.60. The van der Waals surface area contributed by atoms with Gasteiger partial charge in [-0.05, 0) is 13.0 Å². The number of carbonyl (C=O) groups excluding carboxylic acids is 1. The average molecular weight is 283 g/mol. The van der Waals surface area contributed by atoms with Crippen LogP contribution in [0, 0.1) is 11.3 Å². The molecule has 106 valence electrons. The summed E-state index contributed by atoms with van der Waals surface area (Å²) in [4.78, 5) is 16.6. The van der Waals surface area contributed by atoms with Crippen molar-refractivity contribution in [2.24, 2.45) is 0 Å². The summed E-state index contributed by atoms with van der Waals surface area (Å²) in [5, 5.41) is 8.51. The van der Waals surface area contributed by atoms with Crippen molar-refractivity contribution in [1.82, 2.24) is 9.80 Å². The van der Waals surface area contributed by atoms with Crippen LogP contribution in [-0.2, 0) is 9.53 Å². The number of amides is 1. The Hall–Kier alpha value is -0.770. The molecule has 0 bridgehead atoms. The molecule has 2 saturated heterocycles. The van der Waals surface area contributed by atoms with Crippen molar-refractivity contribution in [2.75, 3.05) is 44.3 Å². The zero-order chi connectivity index (χ0) is 13.7. The predicted molar refractivity (Wildman–Crippen MR) is 74.9 cm³/mol. The molecule has 6 heteroatoms. The van der Waals surface area contributed by atoms with Gasteiger partial charge in [0.1, 0.15) is 0 Å². The Labute approximate surface area is 118 Å². The number of rotatable bonds is 4. The van der Waals surface area contributed by atoms with Crippen LogP contribution >= 0.6 is 11.8 Å². The summed E-state index contributed by atoms with van der Waals surface area (Å²) in [5.41, 5.74) is 0. The Bertz CT molecular complexity index is 358. The molecule has 0 N–H and O–H groups in total. The first-order valence-electron chi connectivity index (χ1n) is 6.84. The summed E-state index contributed by atoms with van der Waals surface area (Å²) in [6, 6.07) is 2.29. The molecule has 1 amide bonds. The number of fused-ring (bicyclic) bond motifs is 1. The maximum atomic E-state index is 12.2. The van der Waals surface area contributed by atoms with Crippen LogP contribution in [0.5, 0.6) is 0 Å². The maximum Gasteiger partial charge on any atom is 0.233 e. The van der Waals surface area contributed by atoms with E-state index in [9.17, 15) is 4.79 Å². The number of hydrogen-bond acceptors (Lipinski definition) is 5. The molecule has 19 heavy (non-hydrogen) atoms. The molecule has 0 aromatic heterocycles. The number of thioether (sulfide) groups is 1. The van der Waals surface area contributed by atoms with E-state index < -0.39 is 0 Å². The quantitative estimate of drug-likeness (QED) is 0.706. The normalized spacial score (nSPS) is 27.7. The first-order valence-corrected chi connectivity index (χ1v) is 7.99. The first-order chi connectivity index (χ1) is 9.26. The van der Waals surface area contributed by atoms with Crippen molar-refractivity contribution in [3.63, 3.8) is 0 Å². The fraction of sp³-hybridized carbons (Fsp3) is 0.846. The van der Waals surface area contributed by atoms with Crippen LogP contribution < -0.4 is 0 Å². The van der Waals surface area contributed by atoms with Crippen LogP contribution in [0.1, 0.15) is 13.3 Å². The Kier molecular flexibility index (Phi) is 5.49. The molecule has 0 unspecified atom stereocenters. The number of ether oxygens (including phenoxy) is 1. The molecule has 0 spiro atoms. The second kappa shape index (κ2) is 7.13. The van der Waals surface area contributed by atoms with Gasteiger partial charge in [0.15, 0.2) is 0 Å². The second-order valence-electron chi connectivity index (χ2n) is 4.90. The molecule has 2 rings (SSSR count). The van der Waals surface area contributed by atoms with Crippen LogP contribution in [-0.4, -0.2) is 72.1 Å². The largest absolute Gasteiger partial charge is 0.373 e. The van der Waals surface area contributed by atoms with Gasteiger partial charge in [-0.3, -0.25) is 4.79 Å². The highest BCUT2D eigenvalue weighted by molar-refractivity contribution is 8.00. The molecule has 5 nitrogen and oxygen atoms in total. The second-order valence-corrected chi connectivity index (χ2v) is 5.88. The highest BCUT2D eigenvalue weighted by Gasteiger charge is 2.38. The van der Waals surface area contributed by atoms with E-state index in [1.165, 1.54) is 11.8 Å². The summed E-state index contributed by atoms with van der Waals surface area (Å²) >= 11 is 1.40. The Morgan fingerprint density at radius 2 is 2.37 bits per heavy atom. The van der Waals surface area contributed by atoms with Crippen LogP contribution in [0.2, 0.25) is 0 Å². The maximum absolute atomic E-state index is 12.2. The van der Waals surface area contributed by atoms with Gasteiger partial charge in [-0.15, -0.1) is 11.8 Å². The minimum atomic E-state index is 0.156. The van der Waals surface area contributed by atoms with Gasteiger partial charge in [0.05, 0.1) is 36.3 Å². The molecule has 0 aromatic rings. The molecule has 0 saturated carbocycles. The molecular weight excluding hydrogens is 262 g/mol. The number of morpholine rings is 1. The third-order valence-electron chi connectivity index (χ3n) is 3.83. The van der Waals surface area contributed by atoms with Gasteiger partial charge in [0, 0.05) is 19.6 Å². The highest BCUT2D eigenvalue weighted by Crippen LogP contribution is 2.23. The molecular formula is C13H21N3O2S. The molecule has 0 aromatic carbocycles. The highest BCUT2D eigenvalue weighted by atomic mass is 32.2. The van der Waals surface area contributed by atoms with E-state index in [0.717, 1.165) is 26.1 Å². The minimum Gasteiger partial charge on any atom is -0.373 e. The molecule has 2 aliphatic heterocycles. The lowest BCUT2D eigenvalue weighted by Gasteiger charge is -2.46. The molecule has 2 heterocycles. The van der Waals surface area contributed by atoms with Crippen molar-refractivity contribution in [1.29, 1.82) is 5.26 Å². The number of nitriles is 1. The molecule has 0 aliphatic carbocycles. The summed E-state index contributed by atoms with van der Waals surface area (Å²) in [7, 11) is 0. The van der Waals surface area contributed by atoms with Crippen LogP contribution in [0.3, 0.4) is 0 Å². The summed E-state index contributed by atoms with van der Waals surface area (Å²) in [6.07, 6.45) is 1.15. The Balaban J connectivity index is 1.91. The number of carbonyl (C=O) groups is 1. The van der Waals surface area contributed by atoms with Crippen LogP contribution in [0.15, 0.2) is 0 Å². The molecule has 2 atom stereocenters. The number of nitrogens with zero attached hydrogens (tertiary/aromatic N) is 3. The van der Waals surface area contributed by atoms with E-state index in [4.69, 9.17) is 10.00 Å². The summed E-state index contributed by atoms with van der Waals surface area (Å²) in [6.45, 7) is 6.49. The molecule has 0 radical (unpaired) electrons. The minimum absolute atomic E-state index is 0.156. The number of piperidine rings is 1. The predicted octanol–water partition coefficient (Wildman–Crippen LogP) is 0.565. The smallest absolute Gasteiger partial charge is 0.233 e. The van der Waals surface area contributed by atoms with Crippen molar-refractivity contribution < 1.29 is 9.53 Å². The molecule has 2 aliphatic rings. The standard InChI is InChI=1S/C13H21N3O2S/c1-2-15-5-3-11-12(9-15)18-7-6-16(11)13(17)10-19-8-4-14/h11-12H,2-3,5-10H2,1H3/t11-,12+/m1/s1. The van der Waals surface area contributed by atoms with Gasteiger partial charge >= 0.3 is 0 Å². The fourth-order valence-corrected chi connectivity index (χ4v) is 3.35. The van der Waals surface area contributed by atoms with E-state index in [1.807, 2.05) is 4.90 Å². The van der Waals surface area contributed by atoms with Gasteiger partial charge in [-0.1, -0.05) is 6.92 Å². The van der Waals surface area contributed by atoms with Crippen molar-refractivity contribution in [3.05, 3.63) is 0 Å². The Morgan fingerprint density at radius 1 is 1.53 bits per heavy atom. The van der Waals surface area contributed by atoms with Gasteiger partial charge < -0.3 is 14.5 Å². The van der Waals surface area contributed by atoms with E-state index in [0.29, 0.717) is 24.7 Å². The summed E-state index contributed by atoms with van der Waals surface area (Å²) < 4.78 is 5.83. The van der Waals surface area contributed by atoms with E-state index in [-0.39, 0.29) is 18.1 Å². The van der Waals surface area contributed by atoms with Crippen molar-refractivity contribution in [2.45, 2.75) is 25.5 Å². The number of likely N-dealkylation sites (N-methyl/N-ethyl adjacent to an activating group) is 1. The zero-order valence-corrected chi connectivity index (χ0v) is 12.2. The monoisotopic (exact) mass is 283 g/mol. The zero-order valence-electron chi connectivity index (χ0n) is 11.4. The van der Waals surface area contributed by atoms with E-state index in [1.54, 1.807) is 0 Å². The third-order valence-corrected chi connectivity index (χ3v) is 4.62. The van der Waals surface area contributed by atoms with Crippen LogP contribution in [0.25, 0.3) is 0 Å². The van der Waals surface area contributed by atoms with Gasteiger partial charge in [0.2, 0.25) is 5.91 Å². The van der Waals surface area contributed by atoms with E-state index >= 15 is 0 Å². The molecule has 2 fully saturated rings. The summed E-state index contributed by atoms with van der Waals surface area (Å²) in [5.74, 6) is 0.950. The SMILES string of the molecule is CCN1CC[C@@H]2[C@H](C1)OCCN2C(=O)CSCC#N. The fourth-order valence-electron chi connectivity index (χ4n) is 2.82. The van der Waals surface area contributed by atoms with Crippen LogP contribution in [0.4, 0.5) is 0 Å². The van der Waals surface area contributed by atoms with E-state index in [2.05, 4.69) is 17.9 Å². The Morgan fingerprint density at radius 3 is 3.11 bits per heavy atom. The average Bonchev–Trinajstić information content (AvgIpc) is 2.46. The number of hydrogen-bond donors (Lipinski definition) is 0. The van der Waals surface area contributed by atoms with Gasteiger partial charge in [0.25, 0.3) is 0 Å². The lowest BCUT2D eigenvalue weighted by atomic mass is 9.98. The third kappa shape index (κ3) is 3.62. The van der Waals surface area contributed by atoms with Crippen molar-refractivity contribution in [3.8, 4) is 6.07 Å². The topological polar surface area (TPSA) is 56.6 Å². The van der Waals surface area contributed by atoms with Gasteiger partial charge in [-0.2, -0.15) is 5.26 Å². The number of likely N-dealkylation sites (tertiary alicyclic amines) is 1. The first kappa shape index (κ1) is 14.6. The van der Waals surface area contributed by atoms with Gasteiger partial charge in [-0.25, -0.2) is 0 Å². The van der Waals surface area contributed by atoms with Crippen molar-refractivity contribution >= 4 is 17.7 Å².